The van der Waals surface area contributed by atoms with Gasteiger partial charge < -0.3 is 4.90 Å². The summed E-state index contributed by atoms with van der Waals surface area (Å²) in [4.78, 5) is 28.3. The summed E-state index contributed by atoms with van der Waals surface area (Å²) in [6, 6.07) is 14.4. The maximum Gasteiger partial charge on any atom is 0.266 e. The highest BCUT2D eigenvalue weighted by Crippen LogP contribution is 2.45. The average Bonchev–Trinajstić information content (AvgIpc) is 3.43. The predicted molar refractivity (Wildman–Crippen MR) is 138 cm³/mol. The van der Waals surface area contributed by atoms with Gasteiger partial charge in [0, 0.05) is 18.0 Å². The number of rotatable bonds is 4. The van der Waals surface area contributed by atoms with E-state index in [4.69, 9.17) is 4.99 Å². The standard InChI is InChI=1S/C24H22N4OS3/c1-4-27-18-8-6-7-9-20(18)31-22(27)13-12-21-23(29)28(5-2)24(32-21)26-16-10-11-19-17(14-16)25-15(3)30-19/h6-14H,4-5H2,1-3H3/b21-12-,22-13+,26-24?. The number of amidine groups is 1. The van der Waals surface area contributed by atoms with Crippen LogP contribution in [0.2, 0.25) is 0 Å². The lowest BCUT2D eigenvalue weighted by Gasteiger charge is -2.17. The summed E-state index contributed by atoms with van der Waals surface area (Å²) in [6.45, 7) is 7.59. The Morgan fingerprint density at radius 2 is 1.84 bits per heavy atom. The molecule has 1 saturated heterocycles. The molecule has 0 saturated carbocycles. The van der Waals surface area contributed by atoms with Crippen molar-refractivity contribution in [2.75, 3.05) is 18.0 Å². The highest BCUT2D eigenvalue weighted by Gasteiger charge is 2.32. The minimum atomic E-state index is 0.00207. The van der Waals surface area contributed by atoms with Crippen LogP contribution in [0.1, 0.15) is 18.9 Å². The molecule has 3 aromatic rings. The Labute approximate surface area is 199 Å². The molecule has 32 heavy (non-hydrogen) atoms. The number of carbonyl (C=O) groups excluding carboxylic acids is 1. The second-order valence-electron chi connectivity index (χ2n) is 7.28. The quantitative estimate of drug-likeness (QED) is 0.398. The van der Waals surface area contributed by atoms with E-state index in [1.807, 2.05) is 38.1 Å². The Balaban J connectivity index is 1.43. The summed E-state index contributed by atoms with van der Waals surface area (Å²) in [7, 11) is 0. The molecule has 1 fully saturated rings. The van der Waals surface area contributed by atoms with Crippen molar-refractivity contribution in [1.29, 1.82) is 0 Å². The van der Waals surface area contributed by atoms with E-state index in [1.165, 1.54) is 22.3 Å². The third-order valence-electron chi connectivity index (χ3n) is 5.24. The molecule has 2 aliphatic rings. The molecule has 5 nitrogen and oxygen atoms in total. The molecule has 3 heterocycles. The fourth-order valence-electron chi connectivity index (χ4n) is 3.75. The number of hydrogen-bond donors (Lipinski definition) is 0. The molecule has 0 spiro atoms. The third kappa shape index (κ3) is 3.87. The molecule has 0 unspecified atom stereocenters. The Bertz CT molecular complexity index is 1310. The molecule has 0 atom stereocenters. The van der Waals surface area contributed by atoms with Crippen LogP contribution in [-0.2, 0) is 4.79 Å². The van der Waals surface area contributed by atoms with E-state index in [1.54, 1.807) is 28.0 Å². The molecular formula is C24H22N4OS3. The number of nitrogens with zero attached hydrogens (tertiary/aromatic N) is 4. The van der Waals surface area contributed by atoms with Crippen molar-refractivity contribution < 1.29 is 4.79 Å². The average molecular weight is 479 g/mol. The van der Waals surface area contributed by atoms with Crippen molar-refractivity contribution >= 4 is 67.5 Å². The molecule has 0 radical (unpaired) electrons. The van der Waals surface area contributed by atoms with Crippen LogP contribution >= 0.6 is 34.9 Å². The van der Waals surface area contributed by atoms with Gasteiger partial charge in [-0.15, -0.1) is 11.3 Å². The van der Waals surface area contributed by atoms with E-state index < -0.39 is 0 Å². The first-order valence-corrected chi connectivity index (χ1v) is 12.9. The first-order chi connectivity index (χ1) is 15.6. The summed E-state index contributed by atoms with van der Waals surface area (Å²) < 4.78 is 1.15. The Kier molecular flexibility index (Phi) is 5.84. The van der Waals surface area contributed by atoms with Crippen molar-refractivity contribution in [2.24, 2.45) is 4.99 Å². The zero-order chi connectivity index (χ0) is 22.2. The van der Waals surface area contributed by atoms with E-state index in [-0.39, 0.29) is 5.91 Å². The third-order valence-corrected chi connectivity index (χ3v) is 8.34. The number of benzene rings is 2. The maximum absolute atomic E-state index is 13.0. The zero-order valence-corrected chi connectivity index (χ0v) is 20.5. The number of thiazole rings is 1. The zero-order valence-electron chi connectivity index (χ0n) is 18.0. The largest absolute Gasteiger partial charge is 0.335 e. The summed E-state index contributed by atoms with van der Waals surface area (Å²) in [5, 5.41) is 2.88. The van der Waals surface area contributed by atoms with E-state index in [9.17, 15) is 4.79 Å². The van der Waals surface area contributed by atoms with Gasteiger partial charge in [-0.25, -0.2) is 9.98 Å². The highest BCUT2D eigenvalue weighted by atomic mass is 32.2. The Hall–Kier alpha value is -2.55. The van der Waals surface area contributed by atoms with Gasteiger partial charge in [0.05, 0.1) is 36.5 Å². The number of amides is 1. The Morgan fingerprint density at radius 3 is 2.66 bits per heavy atom. The summed E-state index contributed by atoms with van der Waals surface area (Å²) in [5.41, 5.74) is 2.99. The molecule has 8 heteroatoms. The second kappa shape index (κ2) is 8.77. The van der Waals surface area contributed by atoms with Crippen LogP contribution in [0.4, 0.5) is 11.4 Å². The van der Waals surface area contributed by atoms with Crippen LogP contribution in [0.25, 0.3) is 10.2 Å². The monoisotopic (exact) mass is 478 g/mol. The van der Waals surface area contributed by atoms with E-state index in [0.717, 1.165) is 32.5 Å². The molecule has 0 N–H and O–H groups in total. The van der Waals surface area contributed by atoms with Crippen molar-refractivity contribution in [3.05, 3.63) is 69.6 Å². The molecule has 5 rings (SSSR count). The van der Waals surface area contributed by atoms with Gasteiger partial charge in [0.25, 0.3) is 5.91 Å². The molecule has 2 aromatic carbocycles. The van der Waals surface area contributed by atoms with Crippen LogP contribution in [0.15, 0.2) is 74.4 Å². The van der Waals surface area contributed by atoms with E-state index >= 15 is 0 Å². The molecule has 1 amide bonds. The highest BCUT2D eigenvalue weighted by molar-refractivity contribution is 8.18. The number of aryl methyl sites for hydroxylation is 1. The van der Waals surface area contributed by atoms with Gasteiger partial charge in [0.1, 0.15) is 0 Å². The number of fused-ring (bicyclic) bond motifs is 2. The van der Waals surface area contributed by atoms with Crippen molar-refractivity contribution in [2.45, 2.75) is 25.7 Å². The van der Waals surface area contributed by atoms with Gasteiger partial charge in [-0.3, -0.25) is 9.69 Å². The molecule has 2 aliphatic heterocycles. The lowest BCUT2D eigenvalue weighted by molar-refractivity contribution is -0.122. The SMILES string of the molecule is CCN1C(=O)/C(=C/C=C2/Sc3ccccc3N2CC)SC1=Nc1ccc2sc(C)nc2c1. The first-order valence-electron chi connectivity index (χ1n) is 10.5. The lowest BCUT2D eigenvalue weighted by atomic mass is 10.3. The number of anilines is 1. The lowest BCUT2D eigenvalue weighted by Crippen LogP contribution is -2.28. The molecule has 0 bridgehead atoms. The first kappa shape index (κ1) is 21.3. The fourth-order valence-corrected chi connectivity index (χ4v) is 6.68. The summed E-state index contributed by atoms with van der Waals surface area (Å²) in [5.74, 6) is 0.00207. The topological polar surface area (TPSA) is 48.8 Å². The molecule has 162 valence electrons. The number of hydrogen-bond acceptors (Lipinski definition) is 7. The number of likely N-dealkylation sites (N-methyl/N-ethyl adjacent to an activating group) is 1. The predicted octanol–water partition coefficient (Wildman–Crippen LogP) is 6.55. The van der Waals surface area contributed by atoms with Gasteiger partial charge in [-0.05, 0) is 75.0 Å². The summed E-state index contributed by atoms with van der Waals surface area (Å²) >= 11 is 4.84. The van der Waals surface area contributed by atoms with Gasteiger partial charge >= 0.3 is 0 Å². The van der Waals surface area contributed by atoms with Crippen LogP contribution < -0.4 is 4.90 Å². The number of thioether (sulfide) groups is 2. The molecular weight excluding hydrogens is 456 g/mol. The smallest absolute Gasteiger partial charge is 0.266 e. The number of carbonyl (C=O) groups is 1. The van der Waals surface area contributed by atoms with E-state index in [2.05, 4.69) is 47.1 Å². The van der Waals surface area contributed by atoms with Gasteiger partial charge in [-0.1, -0.05) is 23.9 Å². The van der Waals surface area contributed by atoms with Crippen LogP contribution in [0, 0.1) is 6.92 Å². The number of aliphatic imine (C=N–C) groups is 1. The summed E-state index contributed by atoms with van der Waals surface area (Å²) in [6.07, 6.45) is 3.98. The maximum atomic E-state index is 13.0. The molecule has 1 aromatic heterocycles. The van der Waals surface area contributed by atoms with Gasteiger partial charge in [0.15, 0.2) is 5.17 Å². The van der Waals surface area contributed by atoms with Crippen molar-refractivity contribution in [1.82, 2.24) is 9.88 Å². The normalized spacial score (nSPS) is 19.8. The minimum Gasteiger partial charge on any atom is -0.335 e. The van der Waals surface area contributed by atoms with Gasteiger partial charge in [0.2, 0.25) is 0 Å². The number of allylic oxidation sites excluding steroid dienone is 2. The van der Waals surface area contributed by atoms with Crippen LogP contribution in [0.3, 0.4) is 0 Å². The van der Waals surface area contributed by atoms with Crippen LogP contribution in [-0.4, -0.2) is 34.0 Å². The second-order valence-corrected chi connectivity index (χ2v) is 10.6. The van der Waals surface area contributed by atoms with Gasteiger partial charge in [-0.2, -0.15) is 0 Å². The number of para-hydroxylation sites is 1. The Morgan fingerprint density at radius 1 is 1.03 bits per heavy atom. The molecule has 0 aliphatic carbocycles. The van der Waals surface area contributed by atoms with Crippen molar-refractivity contribution in [3.63, 3.8) is 0 Å². The number of aromatic nitrogens is 1. The fraction of sp³-hybridized carbons (Fsp3) is 0.208. The van der Waals surface area contributed by atoms with Crippen molar-refractivity contribution in [3.8, 4) is 0 Å². The minimum absolute atomic E-state index is 0.00207. The van der Waals surface area contributed by atoms with E-state index in [0.29, 0.717) is 16.6 Å². The van der Waals surface area contributed by atoms with Crippen LogP contribution in [0.5, 0.6) is 0 Å².